The fourth-order valence-corrected chi connectivity index (χ4v) is 3.76. The van der Waals surface area contributed by atoms with Gasteiger partial charge in [0, 0.05) is 25.7 Å². The van der Waals surface area contributed by atoms with Gasteiger partial charge in [0.15, 0.2) is 0 Å². The number of rotatable bonds is 5. The topological polar surface area (TPSA) is 43.8 Å². The molecule has 1 aliphatic rings. The molecule has 3 rings (SSSR count). The van der Waals surface area contributed by atoms with Crippen LogP contribution in [0.4, 0.5) is 0 Å². The predicted molar refractivity (Wildman–Crippen MR) is 99.7 cm³/mol. The van der Waals surface area contributed by atoms with Crippen LogP contribution < -0.4 is 0 Å². The number of carboxylic acid groups (broad SMARTS) is 1. The van der Waals surface area contributed by atoms with Crippen molar-refractivity contribution in [3.05, 3.63) is 71.3 Å². The van der Waals surface area contributed by atoms with Gasteiger partial charge in [0.1, 0.15) is 0 Å². The number of aryl methyl sites for hydroxylation is 1. The summed E-state index contributed by atoms with van der Waals surface area (Å²) in [6.07, 6.45) is 0. The van der Waals surface area contributed by atoms with Crippen LogP contribution in [0.1, 0.15) is 29.7 Å². The van der Waals surface area contributed by atoms with Crippen LogP contribution >= 0.6 is 0 Å². The molecule has 0 amide bonds. The normalized spacial score (nSPS) is 20.3. The lowest BCUT2D eigenvalue weighted by atomic mass is 9.94. The van der Waals surface area contributed by atoms with E-state index in [4.69, 9.17) is 5.11 Å². The second-order valence-electron chi connectivity index (χ2n) is 6.94. The first-order valence-corrected chi connectivity index (χ1v) is 8.86. The molecule has 4 nitrogen and oxygen atoms in total. The molecule has 2 atom stereocenters. The lowest BCUT2D eigenvalue weighted by molar-refractivity contribution is -0.139. The Morgan fingerprint density at radius 3 is 2.48 bits per heavy atom. The number of carbonyl (C=O) groups is 1. The van der Waals surface area contributed by atoms with Crippen LogP contribution in [-0.2, 0) is 4.79 Å². The maximum absolute atomic E-state index is 11.1. The lowest BCUT2D eigenvalue weighted by Crippen LogP contribution is -2.54. The third-order valence-electron chi connectivity index (χ3n) is 4.97. The first-order chi connectivity index (χ1) is 12.0. The zero-order valence-corrected chi connectivity index (χ0v) is 14.9. The molecular formula is C21H26N2O2. The minimum Gasteiger partial charge on any atom is -0.480 e. The third-order valence-corrected chi connectivity index (χ3v) is 4.97. The van der Waals surface area contributed by atoms with Crippen LogP contribution in [0.15, 0.2) is 54.6 Å². The number of piperazine rings is 1. The van der Waals surface area contributed by atoms with Crippen molar-refractivity contribution < 1.29 is 9.90 Å². The molecule has 1 aliphatic heterocycles. The van der Waals surface area contributed by atoms with Crippen molar-refractivity contribution in [2.24, 2.45) is 0 Å². The number of benzene rings is 2. The van der Waals surface area contributed by atoms with Gasteiger partial charge in [0.25, 0.3) is 0 Å². The van der Waals surface area contributed by atoms with E-state index in [0.717, 1.165) is 19.6 Å². The zero-order valence-electron chi connectivity index (χ0n) is 14.9. The molecule has 0 saturated carbocycles. The first-order valence-electron chi connectivity index (χ1n) is 8.86. The second kappa shape index (κ2) is 7.81. The highest BCUT2D eigenvalue weighted by Gasteiger charge is 2.30. The van der Waals surface area contributed by atoms with Crippen molar-refractivity contribution in [3.8, 4) is 0 Å². The average Bonchev–Trinajstić information content (AvgIpc) is 2.58. The minimum absolute atomic E-state index is 0.120. The summed E-state index contributed by atoms with van der Waals surface area (Å²) in [6, 6.07) is 19.7. The van der Waals surface area contributed by atoms with E-state index in [2.05, 4.69) is 72.2 Å². The third kappa shape index (κ3) is 4.27. The van der Waals surface area contributed by atoms with Gasteiger partial charge in [0.2, 0.25) is 0 Å². The van der Waals surface area contributed by atoms with Gasteiger partial charge in [-0.15, -0.1) is 0 Å². The maximum Gasteiger partial charge on any atom is 0.317 e. The van der Waals surface area contributed by atoms with Gasteiger partial charge in [-0.1, -0.05) is 60.2 Å². The van der Waals surface area contributed by atoms with Crippen molar-refractivity contribution in [1.29, 1.82) is 0 Å². The molecule has 2 aromatic carbocycles. The van der Waals surface area contributed by atoms with E-state index in [1.807, 2.05) is 6.07 Å². The van der Waals surface area contributed by atoms with Gasteiger partial charge in [-0.05, 0) is 25.0 Å². The molecule has 1 fully saturated rings. The Morgan fingerprint density at radius 1 is 1.12 bits per heavy atom. The van der Waals surface area contributed by atoms with E-state index in [-0.39, 0.29) is 18.6 Å². The van der Waals surface area contributed by atoms with Gasteiger partial charge in [0.05, 0.1) is 12.6 Å². The highest BCUT2D eigenvalue weighted by molar-refractivity contribution is 5.69. The van der Waals surface area contributed by atoms with Gasteiger partial charge < -0.3 is 5.11 Å². The van der Waals surface area contributed by atoms with Crippen molar-refractivity contribution in [2.45, 2.75) is 25.9 Å². The van der Waals surface area contributed by atoms with Crippen LogP contribution in [0.2, 0.25) is 0 Å². The summed E-state index contributed by atoms with van der Waals surface area (Å²) in [6.45, 7) is 6.87. The van der Waals surface area contributed by atoms with E-state index in [1.165, 1.54) is 16.7 Å². The Labute approximate surface area is 149 Å². The SMILES string of the molecule is Cc1cccc(C(c2ccccc2)N2CCN(CC(=O)O)[C@H](C)C2)c1. The van der Waals surface area contributed by atoms with E-state index >= 15 is 0 Å². The van der Waals surface area contributed by atoms with Crippen LogP contribution in [0.25, 0.3) is 0 Å². The number of hydrogen-bond acceptors (Lipinski definition) is 3. The van der Waals surface area contributed by atoms with Crippen LogP contribution in [-0.4, -0.2) is 53.1 Å². The Morgan fingerprint density at radius 2 is 1.84 bits per heavy atom. The van der Waals surface area contributed by atoms with Crippen molar-refractivity contribution in [3.63, 3.8) is 0 Å². The van der Waals surface area contributed by atoms with Crippen LogP contribution in [0, 0.1) is 6.92 Å². The van der Waals surface area contributed by atoms with Gasteiger partial charge in [-0.3, -0.25) is 14.6 Å². The number of carboxylic acids is 1. The molecule has 0 aliphatic carbocycles. The molecule has 0 bridgehead atoms. The fraction of sp³-hybridized carbons (Fsp3) is 0.381. The van der Waals surface area contributed by atoms with E-state index in [0.29, 0.717) is 0 Å². The van der Waals surface area contributed by atoms with Crippen molar-refractivity contribution in [2.75, 3.05) is 26.2 Å². The second-order valence-corrected chi connectivity index (χ2v) is 6.94. The quantitative estimate of drug-likeness (QED) is 0.909. The molecule has 1 unspecified atom stereocenters. The molecular weight excluding hydrogens is 312 g/mol. The average molecular weight is 338 g/mol. The maximum atomic E-state index is 11.1. The highest BCUT2D eigenvalue weighted by atomic mass is 16.4. The first kappa shape index (κ1) is 17.6. The van der Waals surface area contributed by atoms with E-state index < -0.39 is 5.97 Å². The number of nitrogens with zero attached hydrogens (tertiary/aromatic N) is 2. The number of aliphatic carboxylic acids is 1. The predicted octanol–water partition coefficient (Wildman–Crippen LogP) is 3.18. The van der Waals surface area contributed by atoms with Gasteiger partial charge in [-0.25, -0.2) is 0 Å². The van der Waals surface area contributed by atoms with Crippen molar-refractivity contribution >= 4 is 5.97 Å². The molecule has 2 aromatic rings. The van der Waals surface area contributed by atoms with Crippen molar-refractivity contribution in [1.82, 2.24) is 9.80 Å². The summed E-state index contributed by atoms with van der Waals surface area (Å²) in [5, 5.41) is 9.09. The smallest absolute Gasteiger partial charge is 0.317 e. The molecule has 0 aromatic heterocycles. The Kier molecular flexibility index (Phi) is 5.51. The molecule has 0 radical (unpaired) electrons. The van der Waals surface area contributed by atoms with Crippen LogP contribution in [0.5, 0.6) is 0 Å². The Hall–Kier alpha value is -2.17. The molecule has 1 saturated heterocycles. The summed E-state index contributed by atoms with van der Waals surface area (Å²) in [5.74, 6) is -0.751. The van der Waals surface area contributed by atoms with Gasteiger partial charge in [-0.2, -0.15) is 0 Å². The number of hydrogen-bond donors (Lipinski definition) is 1. The fourth-order valence-electron chi connectivity index (χ4n) is 3.76. The van der Waals surface area contributed by atoms with Gasteiger partial charge >= 0.3 is 5.97 Å². The lowest BCUT2D eigenvalue weighted by Gasteiger charge is -2.43. The highest BCUT2D eigenvalue weighted by Crippen LogP contribution is 2.31. The Bertz CT molecular complexity index is 717. The molecule has 0 spiro atoms. The monoisotopic (exact) mass is 338 g/mol. The van der Waals surface area contributed by atoms with Crippen LogP contribution in [0.3, 0.4) is 0 Å². The standard InChI is InChI=1S/C21H26N2O2/c1-16-7-6-10-19(13-16)21(18-8-4-3-5-9-18)23-12-11-22(15-20(24)25)17(2)14-23/h3-10,13,17,21H,11-12,14-15H2,1-2H3,(H,24,25)/t17-,21?/m1/s1. The summed E-state index contributed by atoms with van der Waals surface area (Å²) in [7, 11) is 0. The molecule has 132 valence electrons. The molecule has 1 heterocycles. The summed E-state index contributed by atoms with van der Waals surface area (Å²) < 4.78 is 0. The molecule has 4 heteroatoms. The van der Waals surface area contributed by atoms with E-state index in [9.17, 15) is 4.79 Å². The summed E-state index contributed by atoms with van der Waals surface area (Å²) in [4.78, 5) is 15.6. The molecule has 1 N–H and O–H groups in total. The van der Waals surface area contributed by atoms with E-state index in [1.54, 1.807) is 0 Å². The minimum atomic E-state index is -0.751. The summed E-state index contributed by atoms with van der Waals surface area (Å²) >= 11 is 0. The largest absolute Gasteiger partial charge is 0.480 e. The molecule has 25 heavy (non-hydrogen) atoms. The Balaban J connectivity index is 1.87. The zero-order chi connectivity index (χ0) is 17.8. The summed E-state index contributed by atoms with van der Waals surface area (Å²) in [5.41, 5.74) is 3.84.